The van der Waals surface area contributed by atoms with Gasteiger partial charge in [0.05, 0.1) is 0 Å². The molecule has 0 radical (unpaired) electrons. The van der Waals surface area contributed by atoms with Gasteiger partial charge in [0.25, 0.3) is 0 Å². The van der Waals surface area contributed by atoms with Crippen LogP contribution in [-0.4, -0.2) is 34.2 Å². The van der Waals surface area contributed by atoms with Crippen LogP contribution in [0.2, 0.25) is 0 Å². The van der Waals surface area contributed by atoms with Crippen LogP contribution < -0.4 is 11.1 Å². The SMILES string of the molecule is CC(C)C[C@H](N)C(=O)O.C[C@H](Nc1ccccc1)C(=O)O. The first-order valence-corrected chi connectivity index (χ1v) is 6.76. The summed E-state index contributed by atoms with van der Waals surface area (Å²) >= 11 is 0. The molecule has 0 unspecified atom stereocenters. The lowest BCUT2D eigenvalue weighted by atomic mass is 10.1. The second-order valence-electron chi connectivity index (χ2n) is 5.14. The Bertz CT molecular complexity index is 435. The molecule has 2 atom stereocenters. The first-order valence-electron chi connectivity index (χ1n) is 6.76. The van der Waals surface area contributed by atoms with E-state index in [9.17, 15) is 9.59 Å². The average Bonchev–Trinajstić information content (AvgIpc) is 2.39. The topological polar surface area (TPSA) is 113 Å². The lowest BCUT2D eigenvalue weighted by Crippen LogP contribution is -2.31. The van der Waals surface area contributed by atoms with Crippen molar-refractivity contribution >= 4 is 17.6 Å². The molecular formula is C15H24N2O4. The Balaban J connectivity index is 0.000000400. The number of carbonyl (C=O) groups is 2. The Hall–Kier alpha value is -2.08. The number of hydrogen-bond acceptors (Lipinski definition) is 4. The number of hydrogen-bond donors (Lipinski definition) is 4. The van der Waals surface area contributed by atoms with Crippen molar-refractivity contribution in [3.05, 3.63) is 30.3 Å². The number of nitrogens with one attached hydrogen (secondary N) is 1. The molecular weight excluding hydrogens is 272 g/mol. The third-order valence-corrected chi connectivity index (χ3v) is 2.57. The maximum absolute atomic E-state index is 10.4. The monoisotopic (exact) mass is 296 g/mol. The lowest BCUT2D eigenvalue weighted by Gasteiger charge is -2.09. The summed E-state index contributed by atoms with van der Waals surface area (Å²) in [7, 11) is 0. The van der Waals surface area contributed by atoms with Crippen molar-refractivity contribution in [2.45, 2.75) is 39.3 Å². The summed E-state index contributed by atoms with van der Waals surface area (Å²) in [5.41, 5.74) is 6.04. The molecule has 6 nitrogen and oxygen atoms in total. The third-order valence-electron chi connectivity index (χ3n) is 2.57. The predicted molar refractivity (Wildman–Crippen MR) is 82.2 cm³/mol. The molecule has 5 N–H and O–H groups in total. The van der Waals surface area contributed by atoms with Crippen molar-refractivity contribution in [2.24, 2.45) is 11.7 Å². The number of anilines is 1. The maximum Gasteiger partial charge on any atom is 0.325 e. The molecule has 0 aliphatic carbocycles. The Morgan fingerprint density at radius 2 is 1.62 bits per heavy atom. The quantitative estimate of drug-likeness (QED) is 0.639. The van der Waals surface area contributed by atoms with Crippen LogP contribution in [0.3, 0.4) is 0 Å². The Kier molecular flexibility index (Phi) is 8.80. The number of aliphatic carboxylic acids is 2. The first kappa shape index (κ1) is 18.9. The van der Waals surface area contributed by atoms with E-state index in [4.69, 9.17) is 15.9 Å². The van der Waals surface area contributed by atoms with E-state index in [2.05, 4.69) is 5.32 Å². The fraction of sp³-hybridized carbons (Fsp3) is 0.467. The Morgan fingerprint density at radius 3 is 1.95 bits per heavy atom. The number of rotatable bonds is 6. The maximum atomic E-state index is 10.4. The molecule has 118 valence electrons. The van der Waals surface area contributed by atoms with Crippen molar-refractivity contribution in [3.63, 3.8) is 0 Å². The molecule has 0 aliphatic heterocycles. The first-order chi connectivity index (χ1) is 9.73. The minimum Gasteiger partial charge on any atom is -0.480 e. The Morgan fingerprint density at radius 1 is 1.10 bits per heavy atom. The molecule has 0 amide bonds. The largest absolute Gasteiger partial charge is 0.480 e. The summed E-state index contributed by atoms with van der Waals surface area (Å²) in [5.74, 6) is -1.40. The summed E-state index contributed by atoms with van der Waals surface area (Å²) in [6, 6.07) is 8.03. The minimum atomic E-state index is -0.913. The summed E-state index contributed by atoms with van der Waals surface area (Å²) in [4.78, 5) is 20.6. The van der Waals surface area contributed by atoms with Gasteiger partial charge >= 0.3 is 11.9 Å². The molecule has 0 heterocycles. The molecule has 0 saturated heterocycles. The van der Waals surface area contributed by atoms with Crippen LogP contribution in [0, 0.1) is 5.92 Å². The van der Waals surface area contributed by atoms with Crippen LogP contribution in [0.5, 0.6) is 0 Å². The minimum absolute atomic E-state index is 0.357. The van der Waals surface area contributed by atoms with E-state index >= 15 is 0 Å². The number of carboxylic acids is 2. The van der Waals surface area contributed by atoms with Gasteiger partial charge in [-0.2, -0.15) is 0 Å². The van der Waals surface area contributed by atoms with Crippen molar-refractivity contribution in [3.8, 4) is 0 Å². The van der Waals surface area contributed by atoms with Gasteiger partial charge in [0.1, 0.15) is 12.1 Å². The van der Waals surface area contributed by atoms with Crippen LogP contribution >= 0.6 is 0 Å². The summed E-state index contributed by atoms with van der Waals surface area (Å²) in [6.07, 6.45) is 0.551. The van der Waals surface area contributed by atoms with Crippen LogP contribution in [0.1, 0.15) is 27.2 Å². The molecule has 21 heavy (non-hydrogen) atoms. The number of para-hydroxylation sites is 1. The molecule has 1 aromatic carbocycles. The Labute approximate surface area is 125 Å². The highest BCUT2D eigenvalue weighted by molar-refractivity contribution is 5.76. The predicted octanol–water partition coefficient (Wildman–Crippen LogP) is 2.02. The molecule has 0 aliphatic rings. The normalized spacial score (nSPS) is 12.8. The smallest absolute Gasteiger partial charge is 0.325 e. The highest BCUT2D eigenvalue weighted by Gasteiger charge is 2.12. The van der Waals surface area contributed by atoms with Crippen molar-refractivity contribution in [2.75, 3.05) is 5.32 Å². The summed E-state index contributed by atoms with van der Waals surface area (Å²) in [6.45, 7) is 5.50. The van der Waals surface area contributed by atoms with E-state index in [0.29, 0.717) is 12.3 Å². The number of benzene rings is 1. The van der Waals surface area contributed by atoms with Crippen molar-refractivity contribution < 1.29 is 19.8 Å². The highest BCUT2D eigenvalue weighted by atomic mass is 16.4. The van der Waals surface area contributed by atoms with Gasteiger partial charge in [0, 0.05) is 5.69 Å². The van der Waals surface area contributed by atoms with Gasteiger partial charge in [-0.1, -0.05) is 32.0 Å². The van der Waals surface area contributed by atoms with E-state index in [1.165, 1.54) is 0 Å². The molecule has 0 bridgehead atoms. The van der Waals surface area contributed by atoms with Gasteiger partial charge < -0.3 is 21.3 Å². The molecule has 0 spiro atoms. The van der Waals surface area contributed by atoms with Gasteiger partial charge in [-0.05, 0) is 31.4 Å². The average molecular weight is 296 g/mol. The standard InChI is InChI=1S/C9H11NO2.C6H13NO2/c1-7(9(11)12)10-8-5-3-2-4-6-8;1-4(2)3-5(7)6(8)9/h2-7,10H,1H3,(H,11,12);4-5H,3,7H2,1-2H3,(H,8,9)/t7-;5-/m00/s1. The van der Waals surface area contributed by atoms with Crippen LogP contribution in [0.15, 0.2) is 30.3 Å². The molecule has 6 heteroatoms. The molecule has 1 aromatic rings. The lowest BCUT2D eigenvalue weighted by molar-refractivity contribution is -0.139. The molecule has 0 aromatic heterocycles. The van der Waals surface area contributed by atoms with Gasteiger partial charge in [-0.3, -0.25) is 9.59 Å². The van der Waals surface area contributed by atoms with Gasteiger partial charge in [-0.25, -0.2) is 0 Å². The fourth-order valence-electron chi connectivity index (χ4n) is 1.45. The van der Waals surface area contributed by atoms with E-state index in [-0.39, 0.29) is 0 Å². The second-order valence-corrected chi connectivity index (χ2v) is 5.14. The van der Waals surface area contributed by atoms with E-state index in [0.717, 1.165) is 5.69 Å². The van der Waals surface area contributed by atoms with Crippen LogP contribution in [0.25, 0.3) is 0 Å². The zero-order valence-corrected chi connectivity index (χ0v) is 12.6. The highest BCUT2D eigenvalue weighted by Crippen LogP contribution is 2.06. The van der Waals surface area contributed by atoms with E-state index < -0.39 is 24.0 Å². The van der Waals surface area contributed by atoms with Gasteiger partial charge in [-0.15, -0.1) is 0 Å². The molecule has 1 rings (SSSR count). The molecule has 0 fully saturated rings. The fourth-order valence-corrected chi connectivity index (χ4v) is 1.45. The van der Waals surface area contributed by atoms with Gasteiger partial charge in [0.2, 0.25) is 0 Å². The van der Waals surface area contributed by atoms with Gasteiger partial charge in [0.15, 0.2) is 0 Å². The molecule has 0 saturated carbocycles. The van der Waals surface area contributed by atoms with E-state index in [1.54, 1.807) is 6.92 Å². The number of nitrogens with two attached hydrogens (primary N) is 1. The van der Waals surface area contributed by atoms with Crippen molar-refractivity contribution in [1.29, 1.82) is 0 Å². The number of carboxylic acid groups (broad SMARTS) is 2. The summed E-state index contributed by atoms with van der Waals surface area (Å²) < 4.78 is 0. The van der Waals surface area contributed by atoms with E-state index in [1.807, 2.05) is 44.2 Å². The third kappa shape index (κ3) is 9.45. The second kappa shape index (κ2) is 9.77. The van der Waals surface area contributed by atoms with Crippen LogP contribution in [0.4, 0.5) is 5.69 Å². The summed E-state index contributed by atoms with van der Waals surface area (Å²) in [5, 5.41) is 19.7. The van der Waals surface area contributed by atoms with Crippen LogP contribution in [-0.2, 0) is 9.59 Å². The zero-order chi connectivity index (χ0) is 16.4. The zero-order valence-electron chi connectivity index (χ0n) is 12.6. The van der Waals surface area contributed by atoms with Crippen molar-refractivity contribution in [1.82, 2.24) is 0 Å².